The van der Waals surface area contributed by atoms with Crippen LogP contribution in [0.25, 0.3) is 0 Å². The number of nitrogens with one attached hydrogen (secondary N) is 1. The molecule has 0 bridgehead atoms. The molecular weight excluding hydrogens is 264 g/mol. The average molecular weight is 286 g/mol. The van der Waals surface area contributed by atoms with Crippen molar-refractivity contribution in [2.24, 2.45) is 11.8 Å². The molecule has 3 atom stereocenters. The monoisotopic (exact) mass is 286 g/mol. The minimum absolute atomic E-state index is 0.00984. The molecule has 19 heavy (non-hydrogen) atoms. The molecular formula is C12H22N4O2S. The summed E-state index contributed by atoms with van der Waals surface area (Å²) < 4.78 is 29.0. The van der Waals surface area contributed by atoms with Crippen LogP contribution in [0.15, 0.2) is 11.1 Å². The van der Waals surface area contributed by atoms with Crippen LogP contribution in [0.3, 0.4) is 0 Å². The molecule has 0 aromatic carbocycles. The van der Waals surface area contributed by atoms with E-state index in [-0.39, 0.29) is 16.8 Å². The largest absolute Gasteiger partial charge is 0.381 e. The quantitative estimate of drug-likeness (QED) is 0.870. The van der Waals surface area contributed by atoms with Gasteiger partial charge in [0, 0.05) is 18.8 Å². The first-order chi connectivity index (χ1) is 8.85. The average Bonchev–Trinajstić information content (AvgIpc) is 2.87. The molecule has 7 heteroatoms. The van der Waals surface area contributed by atoms with Gasteiger partial charge in [0.2, 0.25) is 10.0 Å². The number of aryl methyl sites for hydroxylation is 1. The van der Waals surface area contributed by atoms with E-state index in [0.717, 1.165) is 12.8 Å². The number of rotatable bonds is 4. The standard InChI is InChI=1S/C12H22N4O2S/c1-4-16-7-11(12(13)14-16)19(17,18)15-10-6-5-8(2)9(10)3/h7-10,15H,4-6H2,1-3H3,(H2,13,14). The Morgan fingerprint density at radius 2 is 2.16 bits per heavy atom. The van der Waals surface area contributed by atoms with Gasteiger partial charge in [0.25, 0.3) is 0 Å². The Bertz CT molecular complexity index is 552. The Morgan fingerprint density at radius 3 is 2.63 bits per heavy atom. The van der Waals surface area contributed by atoms with E-state index in [1.165, 1.54) is 10.9 Å². The highest BCUT2D eigenvalue weighted by Gasteiger charge is 2.34. The predicted molar refractivity (Wildman–Crippen MR) is 74.0 cm³/mol. The molecule has 1 saturated carbocycles. The van der Waals surface area contributed by atoms with E-state index < -0.39 is 10.0 Å². The lowest BCUT2D eigenvalue weighted by atomic mass is 9.98. The van der Waals surface area contributed by atoms with Gasteiger partial charge in [-0.15, -0.1) is 0 Å². The summed E-state index contributed by atoms with van der Waals surface area (Å²) in [6.07, 6.45) is 3.42. The zero-order chi connectivity index (χ0) is 14.2. The first kappa shape index (κ1) is 14.3. The normalized spacial score (nSPS) is 27.8. The molecule has 108 valence electrons. The smallest absolute Gasteiger partial charge is 0.246 e. The molecule has 0 amide bonds. The first-order valence-corrected chi connectivity index (χ1v) is 8.18. The van der Waals surface area contributed by atoms with Gasteiger partial charge in [-0.3, -0.25) is 4.68 Å². The van der Waals surface area contributed by atoms with Crippen LogP contribution in [-0.4, -0.2) is 24.2 Å². The van der Waals surface area contributed by atoms with Crippen LogP contribution < -0.4 is 10.5 Å². The van der Waals surface area contributed by atoms with Crippen molar-refractivity contribution in [2.75, 3.05) is 5.73 Å². The summed E-state index contributed by atoms with van der Waals surface area (Å²) in [7, 11) is -3.58. The molecule has 0 aliphatic heterocycles. The maximum absolute atomic E-state index is 12.3. The third-order valence-corrected chi connectivity index (χ3v) is 5.65. The third-order valence-electron chi connectivity index (χ3n) is 4.14. The van der Waals surface area contributed by atoms with Gasteiger partial charge in [-0.25, -0.2) is 13.1 Å². The van der Waals surface area contributed by atoms with Gasteiger partial charge >= 0.3 is 0 Å². The molecule has 0 radical (unpaired) electrons. The van der Waals surface area contributed by atoms with Gasteiger partial charge in [0.05, 0.1) is 0 Å². The Labute approximate surface area is 114 Å². The van der Waals surface area contributed by atoms with Crippen molar-refractivity contribution >= 4 is 15.8 Å². The van der Waals surface area contributed by atoms with Gasteiger partial charge in [0.15, 0.2) is 5.82 Å². The first-order valence-electron chi connectivity index (χ1n) is 6.70. The van der Waals surface area contributed by atoms with Crippen molar-refractivity contribution in [1.82, 2.24) is 14.5 Å². The fraction of sp³-hybridized carbons (Fsp3) is 0.750. The van der Waals surface area contributed by atoms with Gasteiger partial charge in [-0.05, 0) is 31.6 Å². The van der Waals surface area contributed by atoms with Gasteiger partial charge in [0.1, 0.15) is 4.90 Å². The summed E-state index contributed by atoms with van der Waals surface area (Å²) in [6, 6.07) is -0.00984. The maximum Gasteiger partial charge on any atom is 0.246 e. The molecule has 1 aromatic heterocycles. The molecule has 1 aliphatic carbocycles. The van der Waals surface area contributed by atoms with E-state index in [9.17, 15) is 8.42 Å². The molecule has 1 aromatic rings. The minimum Gasteiger partial charge on any atom is -0.381 e. The number of sulfonamides is 1. The zero-order valence-electron chi connectivity index (χ0n) is 11.6. The van der Waals surface area contributed by atoms with E-state index >= 15 is 0 Å². The number of hydrogen-bond donors (Lipinski definition) is 2. The van der Waals surface area contributed by atoms with Crippen LogP contribution in [0.1, 0.15) is 33.6 Å². The number of anilines is 1. The summed E-state index contributed by atoms with van der Waals surface area (Å²) in [5, 5.41) is 3.98. The molecule has 1 fully saturated rings. The highest BCUT2D eigenvalue weighted by molar-refractivity contribution is 7.89. The zero-order valence-corrected chi connectivity index (χ0v) is 12.4. The molecule has 0 saturated heterocycles. The van der Waals surface area contributed by atoms with Crippen LogP contribution in [0.5, 0.6) is 0 Å². The van der Waals surface area contributed by atoms with E-state index in [1.807, 2.05) is 6.92 Å². The second-order valence-electron chi connectivity index (χ2n) is 5.38. The highest BCUT2D eigenvalue weighted by Crippen LogP contribution is 2.32. The van der Waals surface area contributed by atoms with Crippen molar-refractivity contribution in [3.05, 3.63) is 6.20 Å². The number of nitrogens with two attached hydrogens (primary N) is 1. The summed E-state index contributed by atoms with van der Waals surface area (Å²) in [5.41, 5.74) is 5.69. The van der Waals surface area contributed by atoms with Crippen LogP contribution in [-0.2, 0) is 16.6 Å². The second-order valence-corrected chi connectivity index (χ2v) is 7.06. The van der Waals surface area contributed by atoms with E-state index in [0.29, 0.717) is 18.4 Å². The number of hydrogen-bond acceptors (Lipinski definition) is 4. The summed E-state index contributed by atoms with van der Waals surface area (Å²) in [4.78, 5) is 0.0844. The molecule has 1 aliphatic rings. The van der Waals surface area contributed by atoms with Crippen molar-refractivity contribution in [1.29, 1.82) is 0 Å². The van der Waals surface area contributed by atoms with Crippen LogP contribution >= 0.6 is 0 Å². The fourth-order valence-electron chi connectivity index (χ4n) is 2.58. The number of nitrogens with zero attached hydrogens (tertiary/aromatic N) is 2. The Balaban J connectivity index is 2.20. The predicted octanol–water partition coefficient (Wildman–Crippen LogP) is 1.20. The lowest BCUT2D eigenvalue weighted by Crippen LogP contribution is -2.37. The minimum atomic E-state index is -3.58. The third kappa shape index (κ3) is 2.76. The highest BCUT2D eigenvalue weighted by atomic mass is 32.2. The lowest BCUT2D eigenvalue weighted by molar-refractivity contribution is 0.402. The van der Waals surface area contributed by atoms with Gasteiger partial charge in [-0.2, -0.15) is 5.10 Å². The summed E-state index contributed by atoms with van der Waals surface area (Å²) in [6.45, 7) is 6.72. The molecule has 6 nitrogen and oxygen atoms in total. The van der Waals surface area contributed by atoms with Crippen LogP contribution in [0.2, 0.25) is 0 Å². The van der Waals surface area contributed by atoms with Crippen molar-refractivity contribution in [2.45, 2.75) is 51.1 Å². The van der Waals surface area contributed by atoms with Gasteiger partial charge < -0.3 is 5.73 Å². The Hall–Kier alpha value is -1.08. The fourth-order valence-corrected chi connectivity index (χ4v) is 4.02. The Kier molecular flexibility index (Phi) is 3.87. The van der Waals surface area contributed by atoms with Crippen LogP contribution in [0.4, 0.5) is 5.82 Å². The molecule has 0 spiro atoms. The molecule has 3 N–H and O–H groups in total. The van der Waals surface area contributed by atoms with Crippen molar-refractivity contribution in [3.63, 3.8) is 0 Å². The molecule has 3 unspecified atom stereocenters. The second kappa shape index (κ2) is 5.13. The lowest BCUT2D eigenvalue weighted by Gasteiger charge is -2.19. The molecule has 1 heterocycles. The van der Waals surface area contributed by atoms with Crippen molar-refractivity contribution in [3.8, 4) is 0 Å². The molecule has 2 rings (SSSR count). The maximum atomic E-state index is 12.3. The summed E-state index contributed by atoms with van der Waals surface area (Å²) in [5.74, 6) is 0.952. The number of nitrogen functional groups attached to an aromatic ring is 1. The Morgan fingerprint density at radius 1 is 1.47 bits per heavy atom. The van der Waals surface area contributed by atoms with Crippen LogP contribution in [0, 0.1) is 11.8 Å². The summed E-state index contributed by atoms with van der Waals surface area (Å²) >= 11 is 0. The van der Waals surface area contributed by atoms with E-state index in [2.05, 4.69) is 23.7 Å². The number of aromatic nitrogens is 2. The van der Waals surface area contributed by atoms with E-state index in [4.69, 9.17) is 5.73 Å². The van der Waals surface area contributed by atoms with Crippen molar-refractivity contribution < 1.29 is 8.42 Å². The van der Waals surface area contributed by atoms with Gasteiger partial charge in [-0.1, -0.05) is 13.8 Å². The topological polar surface area (TPSA) is 90.0 Å². The SMILES string of the molecule is CCn1cc(S(=O)(=O)NC2CCC(C)C2C)c(N)n1. The van der Waals surface area contributed by atoms with E-state index in [1.54, 1.807) is 0 Å².